The number of hydrogen-bond acceptors (Lipinski definition) is 3. The molecule has 10 heavy (non-hydrogen) atoms. The molecule has 1 aliphatic heterocycles. The molecule has 3 nitrogen and oxygen atoms in total. The first kappa shape index (κ1) is 7.54. The first-order chi connectivity index (χ1) is 4.70. The molecule has 0 bridgehead atoms. The van der Waals surface area contributed by atoms with Gasteiger partial charge in [-0.3, -0.25) is 4.79 Å². The van der Waals surface area contributed by atoms with Crippen LogP contribution < -0.4 is 0 Å². The summed E-state index contributed by atoms with van der Waals surface area (Å²) in [5, 5.41) is 0. The van der Waals surface area contributed by atoms with Crippen LogP contribution in [0.2, 0.25) is 0 Å². The van der Waals surface area contributed by atoms with Crippen molar-refractivity contribution in [2.45, 2.75) is 20.0 Å². The van der Waals surface area contributed by atoms with Gasteiger partial charge in [-0.1, -0.05) is 6.92 Å². The van der Waals surface area contributed by atoms with E-state index in [4.69, 9.17) is 9.47 Å². The van der Waals surface area contributed by atoms with Gasteiger partial charge in [-0.05, 0) is 0 Å². The molecule has 2 atom stereocenters. The van der Waals surface area contributed by atoms with E-state index in [2.05, 4.69) is 0 Å². The summed E-state index contributed by atoms with van der Waals surface area (Å²) in [6.07, 6.45) is -0.0162. The maximum atomic E-state index is 10.5. The van der Waals surface area contributed by atoms with Crippen LogP contribution >= 0.6 is 0 Å². The Hall–Kier alpha value is -0.570. The molecule has 0 aromatic rings. The fourth-order valence-corrected chi connectivity index (χ4v) is 1.01. The van der Waals surface area contributed by atoms with Crippen LogP contribution in [-0.2, 0) is 14.3 Å². The summed E-state index contributed by atoms with van der Waals surface area (Å²) in [6, 6.07) is 0. The highest BCUT2D eigenvalue weighted by atomic mass is 16.6. The lowest BCUT2D eigenvalue weighted by molar-refractivity contribution is -0.147. The second kappa shape index (κ2) is 3.01. The van der Waals surface area contributed by atoms with Crippen LogP contribution in [0.15, 0.2) is 0 Å². The quantitative estimate of drug-likeness (QED) is 0.505. The van der Waals surface area contributed by atoms with Crippen LogP contribution in [0, 0.1) is 5.92 Å². The topological polar surface area (TPSA) is 35.5 Å². The standard InChI is InChI=1S/C7H12O3/c1-5-3-9-4-7(5)10-6(2)8/h5,7H,3-4H2,1-2H3/t5-,7?/m0/s1. The minimum Gasteiger partial charge on any atom is -0.460 e. The van der Waals surface area contributed by atoms with Gasteiger partial charge in [0.1, 0.15) is 6.10 Å². The summed E-state index contributed by atoms with van der Waals surface area (Å²) in [7, 11) is 0. The van der Waals surface area contributed by atoms with E-state index in [1.807, 2.05) is 6.92 Å². The smallest absolute Gasteiger partial charge is 0.302 e. The van der Waals surface area contributed by atoms with Crippen LogP contribution in [0.4, 0.5) is 0 Å². The van der Waals surface area contributed by atoms with Crippen LogP contribution in [0.25, 0.3) is 0 Å². The van der Waals surface area contributed by atoms with Crippen molar-refractivity contribution in [3.05, 3.63) is 0 Å². The summed E-state index contributed by atoms with van der Waals surface area (Å²) in [5.41, 5.74) is 0. The highest BCUT2D eigenvalue weighted by molar-refractivity contribution is 5.66. The summed E-state index contributed by atoms with van der Waals surface area (Å²) in [6.45, 7) is 4.70. The molecule has 0 aliphatic carbocycles. The molecule has 0 amide bonds. The zero-order valence-electron chi connectivity index (χ0n) is 6.29. The molecule has 0 aromatic heterocycles. The summed E-state index contributed by atoms with van der Waals surface area (Å²) < 4.78 is 10.1. The van der Waals surface area contributed by atoms with E-state index in [0.717, 1.165) is 0 Å². The van der Waals surface area contributed by atoms with Crippen LogP contribution in [0.3, 0.4) is 0 Å². The van der Waals surface area contributed by atoms with Crippen molar-refractivity contribution in [1.82, 2.24) is 0 Å². The molecule has 58 valence electrons. The van der Waals surface area contributed by atoms with Gasteiger partial charge < -0.3 is 9.47 Å². The number of ether oxygens (including phenoxy) is 2. The van der Waals surface area contributed by atoms with Gasteiger partial charge in [0.15, 0.2) is 0 Å². The van der Waals surface area contributed by atoms with Gasteiger partial charge >= 0.3 is 5.97 Å². The first-order valence-corrected chi connectivity index (χ1v) is 3.45. The minimum atomic E-state index is -0.220. The van der Waals surface area contributed by atoms with Gasteiger partial charge in [-0.2, -0.15) is 0 Å². The molecule has 1 fully saturated rings. The van der Waals surface area contributed by atoms with Crippen molar-refractivity contribution in [2.75, 3.05) is 13.2 Å². The average molecular weight is 144 g/mol. The Labute approximate surface area is 60.3 Å². The number of hydrogen-bond donors (Lipinski definition) is 0. The van der Waals surface area contributed by atoms with Gasteiger partial charge in [0.2, 0.25) is 0 Å². The molecule has 0 spiro atoms. The van der Waals surface area contributed by atoms with E-state index in [9.17, 15) is 4.79 Å². The number of esters is 1. The Balaban J connectivity index is 2.33. The average Bonchev–Trinajstić information content (AvgIpc) is 2.15. The number of carbonyl (C=O) groups excluding carboxylic acids is 1. The maximum Gasteiger partial charge on any atom is 0.302 e. The normalized spacial score (nSPS) is 32.2. The highest BCUT2D eigenvalue weighted by Crippen LogP contribution is 2.15. The largest absolute Gasteiger partial charge is 0.460 e. The Morgan fingerprint density at radius 2 is 2.30 bits per heavy atom. The Bertz CT molecular complexity index is 133. The van der Waals surface area contributed by atoms with Gasteiger partial charge in [-0.15, -0.1) is 0 Å². The number of rotatable bonds is 1. The van der Waals surface area contributed by atoms with Gasteiger partial charge in [0.25, 0.3) is 0 Å². The van der Waals surface area contributed by atoms with Crippen LogP contribution in [-0.4, -0.2) is 25.3 Å². The fraction of sp³-hybridized carbons (Fsp3) is 0.857. The highest BCUT2D eigenvalue weighted by Gasteiger charge is 2.26. The maximum absolute atomic E-state index is 10.5. The summed E-state index contributed by atoms with van der Waals surface area (Å²) in [5.74, 6) is 0.131. The van der Waals surface area contributed by atoms with Crippen molar-refractivity contribution in [2.24, 2.45) is 5.92 Å². The Morgan fingerprint density at radius 1 is 1.60 bits per heavy atom. The molecule has 0 saturated carbocycles. The summed E-state index contributed by atoms with van der Waals surface area (Å²) >= 11 is 0. The third-order valence-electron chi connectivity index (χ3n) is 1.61. The van der Waals surface area contributed by atoms with Crippen LogP contribution in [0.5, 0.6) is 0 Å². The van der Waals surface area contributed by atoms with Crippen molar-refractivity contribution in [3.8, 4) is 0 Å². The van der Waals surface area contributed by atoms with Crippen molar-refractivity contribution < 1.29 is 14.3 Å². The zero-order valence-corrected chi connectivity index (χ0v) is 6.29. The lowest BCUT2D eigenvalue weighted by atomic mass is 10.1. The van der Waals surface area contributed by atoms with E-state index in [1.54, 1.807) is 0 Å². The Kier molecular flexibility index (Phi) is 2.27. The monoisotopic (exact) mass is 144 g/mol. The third kappa shape index (κ3) is 1.70. The van der Waals surface area contributed by atoms with Crippen molar-refractivity contribution >= 4 is 5.97 Å². The molecule has 0 radical (unpaired) electrons. The first-order valence-electron chi connectivity index (χ1n) is 3.45. The molecular weight excluding hydrogens is 132 g/mol. The second-order valence-corrected chi connectivity index (χ2v) is 2.66. The van der Waals surface area contributed by atoms with Crippen LogP contribution in [0.1, 0.15) is 13.8 Å². The van der Waals surface area contributed by atoms with Crippen molar-refractivity contribution in [1.29, 1.82) is 0 Å². The van der Waals surface area contributed by atoms with Gasteiger partial charge in [0, 0.05) is 12.8 Å². The zero-order chi connectivity index (χ0) is 7.56. The fourth-order valence-electron chi connectivity index (χ4n) is 1.01. The molecule has 1 saturated heterocycles. The van der Waals surface area contributed by atoms with E-state index in [0.29, 0.717) is 19.1 Å². The lowest BCUT2D eigenvalue weighted by Gasteiger charge is -2.11. The van der Waals surface area contributed by atoms with E-state index < -0.39 is 0 Å². The number of carbonyl (C=O) groups is 1. The molecule has 1 aliphatic rings. The lowest BCUT2D eigenvalue weighted by Crippen LogP contribution is -2.22. The predicted octanol–water partition coefficient (Wildman–Crippen LogP) is 0.584. The Morgan fingerprint density at radius 3 is 2.70 bits per heavy atom. The molecule has 1 rings (SSSR count). The van der Waals surface area contributed by atoms with E-state index >= 15 is 0 Å². The van der Waals surface area contributed by atoms with Gasteiger partial charge in [0.05, 0.1) is 13.2 Å². The van der Waals surface area contributed by atoms with E-state index in [-0.39, 0.29) is 12.1 Å². The minimum absolute atomic E-state index is 0.0162. The third-order valence-corrected chi connectivity index (χ3v) is 1.61. The van der Waals surface area contributed by atoms with Crippen molar-refractivity contribution in [3.63, 3.8) is 0 Å². The predicted molar refractivity (Wildman–Crippen MR) is 35.5 cm³/mol. The van der Waals surface area contributed by atoms with E-state index in [1.165, 1.54) is 6.92 Å². The SMILES string of the molecule is CC(=O)OC1COC[C@@H]1C. The molecule has 1 unspecified atom stereocenters. The molecule has 3 heteroatoms. The second-order valence-electron chi connectivity index (χ2n) is 2.66. The molecule has 0 N–H and O–H groups in total. The van der Waals surface area contributed by atoms with Gasteiger partial charge in [-0.25, -0.2) is 0 Å². The summed E-state index contributed by atoms with van der Waals surface area (Å²) in [4.78, 5) is 10.5. The molecule has 1 heterocycles. The molecule has 0 aromatic carbocycles. The molecular formula is C7H12O3.